The third-order valence-electron chi connectivity index (χ3n) is 3.48. The van der Waals surface area contributed by atoms with Crippen molar-refractivity contribution in [2.24, 2.45) is 5.73 Å². The van der Waals surface area contributed by atoms with Crippen LogP contribution in [0.3, 0.4) is 0 Å². The van der Waals surface area contributed by atoms with E-state index in [-0.39, 0.29) is 5.54 Å². The highest BCUT2D eigenvalue weighted by Gasteiger charge is 2.22. The number of hydrogen-bond donors (Lipinski definition) is 1. The van der Waals surface area contributed by atoms with Gasteiger partial charge in [0, 0.05) is 25.2 Å². The van der Waals surface area contributed by atoms with Crippen molar-refractivity contribution in [1.29, 1.82) is 0 Å². The fraction of sp³-hybridized carbons (Fsp3) is 1.00. The molecule has 3 nitrogen and oxygen atoms in total. The van der Waals surface area contributed by atoms with Crippen molar-refractivity contribution in [3.05, 3.63) is 0 Å². The van der Waals surface area contributed by atoms with Crippen molar-refractivity contribution in [3.8, 4) is 0 Å². The summed E-state index contributed by atoms with van der Waals surface area (Å²) in [5, 5.41) is 0. The van der Waals surface area contributed by atoms with Gasteiger partial charge in [-0.25, -0.2) is 0 Å². The Labute approximate surface area is 88.2 Å². The molecule has 0 aromatic rings. The topological polar surface area (TPSA) is 32.5 Å². The SMILES string of the molecule is CN(CCN1CCCC1)C(C)(C)CN. The molecular formula is C11H25N3. The highest BCUT2D eigenvalue weighted by molar-refractivity contribution is 4.81. The van der Waals surface area contributed by atoms with E-state index in [4.69, 9.17) is 5.73 Å². The summed E-state index contributed by atoms with van der Waals surface area (Å²) in [6, 6.07) is 0. The van der Waals surface area contributed by atoms with Crippen LogP contribution in [0.5, 0.6) is 0 Å². The zero-order valence-electron chi connectivity index (χ0n) is 9.92. The monoisotopic (exact) mass is 199 g/mol. The lowest BCUT2D eigenvalue weighted by Gasteiger charge is -2.35. The summed E-state index contributed by atoms with van der Waals surface area (Å²) in [5.41, 5.74) is 5.87. The fourth-order valence-electron chi connectivity index (χ4n) is 1.76. The van der Waals surface area contributed by atoms with E-state index in [2.05, 4.69) is 30.7 Å². The molecule has 1 rings (SSSR count). The molecule has 0 aromatic heterocycles. The van der Waals surface area contributed by atoms with Crippen LogP contribution in [0, 0.1) is 0 Å². The molecule has 0 spiro atoms. The summed E-state index contributed by atoms with van der Waals surface area (Å²) in [7, 11) is 2.17. The molecule has 0 atom stereocenters. The highest BCUT2D eigenvalue weighted by Crippen LogP contribution is 2.11. The molecule has 1 aliphatic rings. The maximum atomic E-state index is 5.74. The van der Waals surface area contributed by atoms with Crippen LogP contribution in [0.1, 0.15) is 26.7 Å². The van der Waals surface area contributed by atoms with Crippen molar-refractivity contribution < 1.29 is 0 Å². The molecule has 1 saturated heterocycles. The molecule has 2 N–H and O–H groups in total. The van der Waals surface area contributed by atoms with Gasteiger partial charge in [-0.2, -0.15) is 0 Å². The number of rotatable bonds is 5. The summed E-state index contributed by atoms with van der Waals surface area (Å²) in [6.07, 6.45) is 2.76. The standard InChI is InChI=1S/C11H25N3/c1-11(2,10-12)13(3)8-9-14-6-4-5-7-14/h4-10,12H2,1-3H3. The van der Waals surface area contributed by atoms with Gasteiger partial charge < -0.3 is 10.6 Å². The molecule has 0 unspecified atom stereocenters. The maximum Gasteiger partial charge on any atom is 0.0272 e. The van der Waals surface area contributed by atoms with Gasteiger partial charge in [0.25, 0.3) is 0 Å². The molecule has 1 aliphatic heterocycles. The van der Waals surface area contributed by atoms with Gasteiger partial charge in [0.15, 0.2) is 0 Å². The number of likely N-dealkylation sites (tertiary alicyclic amines) is 1. The largest absolute Gasteiger partial charge is 0.329 e. The Kier molecular flexibility index (Phi) is 4.35. The number of nitrogens with two attached hydrogens (primary N) is 1. The average Bonchev–Trinajstić information content (AvgIpc) is 2.66. The molecule has 0 amide bonds. The van der Waals surface area contributed by atoms with Crippen LogP contribution in [0.25, 0.3) is 0 Å². The molecule has 14 heavy (non-hydrogen) atoms. The van der Waals surface area contributed by atoms with Gasteiger partial charge in [-0.05, 0) is 46.8 Å². The average molecular weight is 199 g/mol. The Morgan fingerprint density at radius 3 is 2.36 bits per heavy atom. The highest BCUT2D eigenvalue weighted by atomic mass is 15.2. The lowest BCUT2D eigenvalue weighted by Crippen LogP contribution is -2.49. The Bertz CT molecular complexity index is 162. The van der Waals surface area contributed by atoms with Gasteiger partial charge >= 0.3 is 0 Å². The van der Waals surface area contributed by atoms with E-state index in [0.29, 0.717) is 0 Å². The third-order valence-corrected chi connectivity index (χ3v) is 3.48. The molecule has 0 radical (unpaired) electrons. The molecule has 1 heterocycles. The minimum Gasteiger partial charge on any atom is -0.329 e. The van der Waals surface area contributed by atoms with E-state index in [1.165, 1.54) is 32.5 Å². The first-order valence-corrected chi connectivity index (χ1v) is 5.70. The first-order chi connectivity index (χ1) is 6.56. The third kappa shape index (κ3) is 3.23. The van der Waals surface area contributed by atoms with Gasteiger partial charge in [-0.15, -0.1) is 0 Å². The summed E-state index contributed by atoms with van der Waals surface area (Å²) < 4.78 is 0. The lowest BCUT2D eigenvalue weighted by atomic mass is 10.0. The Hall–Kier alpha value is -0.120. The minimum absolute atomic E-state index is 0.139. The zero-order valence-corrected chi connectivity index (χ0v) is 9.92. The number of hydrogen-bond acceptors (Lipinski definition) is 3. The van der Waals surface area contributed by atoms with E-state index in [9.17, 15) is 0 Å². The normalized spacial score (nSPS) is 19.5. The Morgan fingerprint density at radius 2 is 1.86 bits per heavy atom. The first-order valence-electron chi connectivity index (χ1n) is 5.70. The first kappa shape index (κ1) is 12.0. The van der Waals surface area contributed by atoms with Crippen LogP contribution >= 0.6 is 0 Å². The second-order valence-electron chi connectivity index (χ2n) is 4.99. The van der Waals surface area contributed by atoms with Gasteiger partial charge in [0.2, 0.25) is 0 Å². The molecular weight excluding hydrogens is 174 g/mol. The lowest BCUT2D eigenvalue weighted by molar-refractivity contribution is 0.144. The second-order valence-corrected chi connectivity index (χ2v) is 4.99. The van der Waals surface area contributed by atoms with Crippen molar-refractivity contribution in [3.63, 3.8) is 0 Å². The quantitative estimate of drug-likeness (QED) is 0.709. The molecule has 0 aliphatic carbocycles. The molecule has 1 fully saturated rings. The van der Waals surface area contributed by atoms with Crippen LogP contribution in [0.15, 0.2) is 0 Å². The van der Waals surface area contributed by atoms with Gasteiger partial charge in [-0.3, -0.25) is 4.90 Å². The summed E-state index contributed by atoms with van der Waals surface area (Å²) in [6.45, 7) is 10.0. The van der Waals surface area contributed by atoms with Gasteiger partial charge in [-0.1, -0.05) is 0 Å². The van der Waals surface area contributed by atoms with Crippen molar-refractivity contribution in [2.45, 2.75) is 32.2 Å². The molecule has 0 aromatic carbocycles. The Morgan fingerprint density at radius 1 is 1.29 bits per heavy atom. The van der Waals surface area contributed by atoms with Gasteiger partial charge in [0.05, 0.1) is 0 Å². The van der Waals surface area contributed by atoms with E-state index >= 15 is 0 Å². The van der Waals surface area contributed by atoms with Crippen LogP contribution in [-0.4, -0.2) is 55.1 Å². The predicted octanol–water partition coefficient (Wildman–Crippen LogP) is 0.751. The smallest absolute Gasteiger partial charge is 0.0272 e. The van der Waals surface area contributed by atoms with E-state index in [0.717, 1.165) is 13.1 Å². The molecule has 0 saturated carbocycles. The molecule has 3 heteroatoms. The van der Waals surface area contributed by atoms with E-state index < -0.39 is 0 Å². The van der Waals surface area contributed by atoms with Crippen LogP contribution in [0.4, 0.5) is 0 Å². The number of likely N-dealkylation sites (N-methyl/N-ethyl adjacent to an activating group) is 1. The second kappa shape index (κ2) is 5.10. The summed E-state index contributed by atoms with van der Waals surface area (Å²) in [5.74, 6) is 0. The maximum absolute atomic E-state index is 5.74. The Balaban J connectivity index is 2.22. The van der Waals surface area contributed by atoms with Crippen LogP contribution in [0.2, 0.25) is 0 Å². The van der Waals surface area contributed by atoms with E-state index in [1.54, 1.807) is 0 Å². The summed E-state index contributed by atoms with van der Waals surface area (Å²) >= 11 is 0. The van der Waals surface area contributed by atoms with E-state index in [1.807, 2.05) is 0 Å². The van der Waals surface area contributed by atoms with Crippen molar-refractivity contribution in [1.82, 2.24) is 9.80 Å². The zero-order chi connectivity index (χ0) is 10.6. The molecule has 84 valence electrons. The van der Waals surface area contributed by atoms with Crippen molar-refractivity contribution >= 4 is 0 Å². The predicted molar refractivity (Wildman–Crippen MR) is 61.4 cm³/mol. The van der Waals surface area contributed by atoms with Crippen LogP contribution in [-0.2, 0) is 0 Å². The van der Waals surface area contributed by atoms with Crippen LogP contribution < -0.4 is 5.73 Å². The fourth-order valence-corrected chi connectivity index (χ4v) is 1.76. The number of nitrogens with zero attached hydrogens (tertiary/aromatic N) is 2. The molecule has 0 bridgehead atoms. The minimum atomic E-state index is 0.139. The van der Waals surface area contributed by atoms with Gasteiger partial charge in [0.1, 0.15) is 0 Å². The van der Waals surface area contributed by atoms with Crippen molar-refractivity contribution in [2.75, 3.05) is 39.8 Å². The summed E-state index contributed by atoms with van der Waals surface area (Å²) in [4.78, 5) is 4.91.